The molecule has 96 valence electrons. The van der Waals surface area contributed by atoms with E-state index in [9.17, 15) is 5.11 Å². The Morgan fingerprint density at radius 2 is 2.12 bits per heavy atom. The molecule has 0 spiro atoms. The Balaban J connectivity index is 2.15. The zero-order chi connectivity index (χ0) is 12.0. The molecule has 2 atom stereocenters. The number of nitrogens with zero attached hydrogens (tertiary/aromatic N) is 1. The minimum absolute atomic E-state index is 0.0477. The van der Waals surface area contributed by atoms with Gasteiger partial charge in [-0.15, -0.1) is 0 Å². The molecule has 2 unspecified atom stereocenters. The Labute approximate surface area is 99.0 Å². The van der Waals surface area contributed by atoms with E-state index in [1.807, 2.05) is 6.92 Å². The maximum Gasteiger partial charge on any atom is 0.105 e. The van der Waals surface area contributed by atoms with Crippen LogP contribution in [-0.4, -0.2) is 61.0 Å². The van der Waals surface area contributed by atoms with Crippen molar-refractivity contribution in [1.82, 2.24) is 10.2 Å². The number of rotatable bonds is 7. The van der Waals surface area contributed by atoms with E-state index in [1.54, 1.807) is 0 Å². The molecule has 16 heavy (non-hydrogen) atoms. The summed E-state index contributed by atoms with van der Waals surface area (Å²) in [5.74, 6) is 0. The topological polar surface area (TPSA) is 44.7 Å². The Morgan fingerprint density at radius 1 is 1.44 bits per heavy atom. The van der Waals surface area contributed by atoms with Gasteiger partial charge in [0.25, 0.3) is 0 Å². The van der Waals surface area contributed by atoms with Crippen LogP contribution in [0, 0.1) is 0 Å². The largest absolute Gasteiger partial charge is 0.386 e. The monoisotopic (exact) mass is 230 g/mol. The normalized spacial score (nSPS) is 30.2. The van der Waals surface area contributed by atoms with Gasteiger partial charge in [-0.1, -0.05) is 13.8 Å². The number of likely N-dealkylation sites (N-methyl/N-ethyl adjacent to an activating group) is 1. The second-order valence-electron chi connectivity index (χ2n) is 4.57. The van der Waals surface area contributed by atoms with Gasteiger partial charge in [-0.2, -0.15) is 0 Å². The number of hydrogen-bond acceptors (Lipinski definition) is 4. The van der Waals surface area contributed by atoms with E-state index in [-0.39, 0.29) is 6.10 Å². The van der Waals surface area contributed by atoms with Crippen LogP contribution in [0.3, 0.4) is 0 Å². The molecular weight excluding hydrogens is 204 g/mol. The molecule has 0 aromatic rings. The Kier molecular flexibility index (Phi) is 5.69. The lowest BCUT2D eigenvalue weighted by Gasteiger charge is -2.27. The van der Waals surface area contributed by atoms with Crippen molar-refractivity contribution in [3.8, 4) is 0 Å². The number of hydrogen-bond donors (Lipinski definition) is 2. The summed E-state index contributed by atoms with van der Waals surface area (Å²) in [6.45, 7) is 11.7. The standard InChI is InChI=1S/C12H26N2O2/c1-4-14(5-2)8-7-13-10-12(15)6-9-16-11(12)3/h11,13,15H,4-10H2,1-3H3. The predicted molar refractivity (Wildman–Crippen MR) is 65.6 cm³/mol. The molecule has 0 aliphatic carbocycles. The van der Waals surface area contributed by atoms with Crippen LogP contribution in [0.15, 0.2) is 0 Å². The fraction of sp³-hybridized carbons (Fsp3) is 1.00. The van der Waals surface area contributed by atoms with Crippen LogP contribution in [0.5, 0.6) is 0 Å². The maximum absolute atomic E-state index is 10.2. The fourth-order valence-corrected chi connectivity index (χ4v) is 2.08. The summed E-state index contributed by atoms with van der Waals surface area (Å²) in [6, 6.07) is 0. The average Bonchev–Trinajstić information content (AvgIpc) is 2.60. The van der Waals surface area contributed by atoms with Gasteiger partial charge in [-0.05, 0) is 20.0 Å². The van der Waals surface area contributed by atoms with Gasteiger partial charge in [0.15, 0.2) is 0 Å². The van der Waals surface area contributed by atoms with Crippen LogP contribution < -0.4 is 5.32 Å². The van der Waals surface area contributed by atoms with Crippen LogP contribution in [0.1, 0.15) is 27.2 Å². The Morgan fingerprint density at radius 3 is 2.62 bits per heavy atom. The summed E-state index contributed by atoms with van der Waals surface area (Å²) in [7, 11) is 0. The molecule has 1 aliphatic heterocycles. The molecule has 4 heteroatoms. The number of nitrogens with one attached hydrogen (secondary N) is 1. The third kappa shape index (κ3) is 3.70. The highest BCUT2D eigenvalue weighted by molar-refractivity contribution is 4.91. The highest BCUT2D eigenvalue weighted by Gasteiger charge is 2.38. The summed E-state index contributed by atoms with van der Waals surface area (Å²) in [4.78, 5) is 2.37. The van der Waals surface area contributed by atoms with E-state index in [0.29, 0.717) is 13.2 Å². The second kappa shape index (κ2) is 6.55. The molecule has 1 heterocycles. The van der Waals surface area contributed by atoms with Crippen molar-refractivity contribution in [3.05, 3.63) is 0 Å². The van der Waals surface area contributed by atoms with Crippen molar-refractivity contribution in [3.63, 3.8) is 0 Å². The first-order valence-corrected chi connectivity index (χ1v) is 6.39. The van der Waals surface area contributed by atoms with Gasteiger partial charge < -0.3 is 20.1 Å². The lowest BCUT2D eigenvalue weighted by molar-refractivity contribution is -0.0262. The first-order valence-electron chi connectivity index (χ1n) is 6.39. The molecule has 4 nitrogen and oxygen atoms in total. The SMILES string of the molecule is CCN(CC)CCNCC1(O)CCOC1C. The summed E-state index contributed by atoms with van der Waals surface area (Å²) < 4.78 is 5.39. The summed E-state index contributed by atoms with van der Waals surface area (Å²) in [6.07, 6.45) is 0.695. The van der Waals surface area contributed by atoms with Gasteiger partial charge in [0.05, 0.1) is 6.10 Å². The third-order valence-electron chi connectivity index (χ3n) is 3.59. The van der Waals surface area contributed by atoms with E-state index in [1.165, 1.54) is 0 Å². The summed E-state index contributed by atoms with van der Waals surface area (Å²) in [5.41, 5.74) is -0.663. The van der Waals surface area contributed by atoms with Crippen LogP contribution in [-0.2, 0) is 4.74 Å². The van der Waals surface area contributed by atoms with E-state index < -0.39 is 5.60 Å². The first kappa shape index (κ1) is 13.9. The average molecular weight is 230 g/mol. The number of aliphatic hydroxyl groups is 1. The quantitative estimate of drug-likeness (QED) is 0.624. The van der Waals surface area contributed by atoms with E-state index >= 15 is 0 Å². The number of ether oxygens (including phenoxy) is 1. The Hall–Kier alpha value is -0.160. The lowest BCUT2D eigenvalue weighted by Crippen LogP contribution is -2.47. The van der Waals surface area contributed by atoms with Crippen molar-refractivity contribution in [2.45, 2.75) is 38.9 Å². The van der Waals surface area contributed by atoms with Crippen molar-refractivity contribution < 1.29 is 9.84 Å². The highest BCUT2D eigenvalue weighted by Crippen LogP contribution is 2.24. The van der Waals surface area contributed by atoms with Crippen molar-refractivity contribution in [2.75, 3.05) is 39.3 Å². The minimum atomic E-state index is -0.663. The zero-order valence-corrected chi connectivity index (χ0v) is 10.8. The molecule has 0 aromatic heterocycles. The van der Waals surface area contributed by atoms with Crippen LogP contribution in [0.25, 0.3) is 0 Å². The second-order valence-corrected chi connectivity index (χ2v) is 4.57. The van der Waals surface area contributed by atoms with E-state index in [2.05, 4.69) is 24.1 Å². The van der Waals surface area contributed by atoms with Crippen molar-refractivity contribution in [2.24, 2.45) is 0 Å². The van der Waals surface area contributed by atoms with E-state index in [4.69, 9.17) is 4.74 Å². The van der Waals surface area contributed by atoms with E-state index in [0.717, 1.165) is 32.6 Å². The van der Waals surface area contributed by atoms with Crippen molar-refractivity contribution in [1.29, 1.82) is 0 Å². The molecule has 1 fully saturated rings. The molecule has 1 aliphatic rings. The molecule has 0 radical (unpaired) electrons. The summed E-state index contributed by atoms with van der Waals surface area (Å²) in [5, 5.41) is 13.6. The predicted octanol–water partition coefficient (Wildman–Crippen LogP) is 0.458. The molecule has 0 amide bonds. The van der Waals surface area contributed by atoms with Gasteiger partial charge >= 0.3 is 0 Å². The zero-order valence-electron chi connectivity index (χ0n) is 10.8. The van der Waals surface area contributed by atoms with Gasteiger partial charge in [0.1, 0.15) is 5.60 Å². The van der Waals surface area contributed by atoms with Crippen LogP contribution in [0.4, 0.5) is 0 Å². The molecule has 2 N–H and O–H groups in total. The first-order chi connectivity index (χ1) is 7.62. The molecule has 0 saturated carbocycles. The minimum Gasteiger partial charge on any atom is -0.386 e. The maximum atomic E-state index is 10.2. The lowest BCUT2D eigenvalue weighted by atomic mass is 9.97. The van der Waals surface area contributed by atoms with Crippen molar-refractivity contribution >= 4 is 0 Å². The molecule has 0 bridgehead atoms. The molecular formula is C12H26N2O2. The van der Waals surface area contributed by atoms with Crippen LogP contribution >= 0.6 is 0 Å². The van der Waals surface area contributed by atoms with Gasteiger partial charge in [0.2, 0.25) is 0 Å². The molecule has 1 saturated heterocycles. The molecule has 1 rings (SSSR count). The summed E-state index contributed by atoms with van der Waals surface area (Å²) >= 11 is 0. The highest BCUT2D eigenvalue weighted by atomic mass is 16.5. The van der Waals surface area contributed by atoms with Gasteiger partial charge in [-0.3, -0.25) is 0 Å². The Bertz CT molecular complexity index is 197. The van der Waals surface area contributed by atoms with Crippen LogP contribution in [0.2, 0.25) is 0 Å². The van der Waals surface area contributed by atoms with Gasteiger partial charge in [-0.25, -0.2) is 0 Å². The van der Waals surface area contributed by atoms with Gasteiger partial charge in [0, 0.05) is 32.7 Å². The fourth-order valence-electron chi connectivity index (χ4n) is 2.08. The smallest absolute Gasteiger partial charge is 0.105 e. The molecule has 0 aromatic carbocycles. The third-order valence-corrected chi connectivity index (χ3v) is 3.59.